The highest BCUT2D eigenvalue weighted by Gasteiger charge is 2.00. The summed E-state index contributed by atoms with van der Waals surface area (Å²) < 4.78 is 13.1. The molecule has 0 aliphatic rings. The van der Waals surface area contributed by atoms with E-state index in [-0.39, 0.29) is 5.82 Å². The molecule has 0 radical (unpaired) electrons. The fraction of sp³-hybridized carbons (Fsp3) is 0.400. The Morgan fingerprint density at radius 1 is 1.46 bits per heavy atom. The van der Waals surface area contributed by atoms with Crippen LogP contribution in [0.3, 0.4) is 0 Å². The lowest BCUT2D eigenvalue weighted by Gasteiger charge is -2.06. The summed E-state index contributed by atoms with van der Waals surface area (Å²) >= 11 is 0. The number of hydrogen-bond donors (Lipinski definition) is 2. The lowest BCUT2D eigenvalue weighted by Crippen LogP contribution is -2.03. The standard InChI is InChI=1S/C10H15FN2/c1-2-3-6-13-10-5-4-8(12)7-9(10)11/h4-5,7,13H,2-3,6,12H2,1H3. The number of rotatable bonds is 4. The Hall–Kier alpha value is -1.25. The molecule has 0 fully saturated rings. The average Bonchev–Trinajstić information content (AvgIpc) is 2.09. The summed E-state index contributed by atoms with van der Waals surface area (Å²) in [6, 6.07) is 4.69. The molecule has 0 spiro atoms. The number of hydrogen-bond acceptors (Lipinski definition) is 2. The van der Waals surface area contributed by atoms with Gasteiger partial charge in [-0.25, -0.2) is 4.39 Å². The molecule has 0 amide bonds. The maximum Gasteiger partial charge on any atom is 0.148 e. The van der Waals surface area contributed by atoms with Gasteiger partial charge < -0.3 is 11.1 Å². The molecule has 0 aliphatic heterocycles. The van der Waals surface area contributed by atoms with Crippen LogP contribution in [0.15, 0.2) is 18.2 Å². The van der Waals surface area contributed by atoms with Gasteiger partial charge in [0.25, 0.3) is 0 Å². The smallest absolute Gasteiger partial charge is 0.148 e. The number of benzene rings is 1. The number of nitrogens with one attached hydrogen (secondary N) is 1. The minimum Gasteiger partial charge on any atom is -0.399 e. The van der Waals surface area contributed by atoms with Crippen molar-refractivity contribution in [1.82, 2.24) is 0 Å². The molecule has 0 heterocycles. The molecule has 0 bridgehead atoms. The topological polar surface area (TPSA) is 38.0 Å². The van der Waals surface area contributed by atoms with Crippen LogP contribution in [0, 0.1) is 5.82 Å². The molecule has 0 aliphatic carbocycles. The molecule has 1 rings (SSSR count). The second-order valence-electron chi connectivity index (χ2n) is 3.02. The van der Waals surface area contributed by atoms with E-state index in [4.69, 9.17) is 5.73 Å². The van der Waals surface area contributed by atoms with E-state index >= 15 is 0 Å². The maximum atomic E-state index is 13.1. The number of nitrogens with two attached hydrogens (primary N) is 1. The summed E-state index contributed by atoms with van der Waals surface area (Å²) in [7, 11) is 0. The largest absolute Gasteiger partial charge is 0.399 e. The normalized spacial score (nSPS) is 10.0. The Morgan fingerprint density at radius 2 is 2.23 bits per heavy atom. The van der Waals surface area contributed by atoms with Crippen molar-refractivity contribution in [3.05, 3.63) is 24.0 Å². The molecular formula is C10H15FN2. The minimum atomic E-state index is -0.281. The van der Waals surface area contributed by atoms with Crippen molar-refractivity contribution in [3.63, 3.8) is 0 Å². The Kier molecular flexibility index (Phi) is 3.55. The van der Waals surface area contributed by atoms with E-state index in [1.807, 2.05) is 0 Å². The van der Waals surface area contributed by atoms with Gasteiger partial charge >= 0.3 is 0 Å². The lowest BCUT2D eigenvalue weighted by molar-refractivity contribution is 0.630. The maximum absolute atomic E-state index is 13.1. The van der Waals surface area contributed by atoms with E-state index < -0.39 is 0 Å². The molecule has 0 atom stereocenters. The van der Waals surface area contributed by atoms with Crippen molar-refractivity contribution in [1.29, 1.82) is 0 Å². The second-order valence-corrected chi connectivity index (χ2v) is 3.02. The summed E-state index contributed by atoms with van der Waals surface area (Å²) in [5, 5.41) is 3.01. The van der Waals surface area contributed by atoms with Crippen molar-refractivity contribution >= 4 is 11.4 Å². The number of anilines is 2. The quantitative estimate of drug-likeness (QED) is 0.555. The molecule has 3 N–H and O–H groups in total. The molecule has 13 heavy (non-hydrogen) atoms. The Labute approximate surface area is 77.9 Å². The summed E-state index contributed by atoms with van der Waals surface area (Å²) in [5.41, 5.74) is 6.40. The Balaban J connectivity index is 2.56. The first-order valence-electron chi connectivity index (χ1n) is 4.53. The van der Waals surface area contributed by atoms with Crippen molar-refractivity contribution in [2.24, 2.45) is 0 Å². The first-order chi connectivity index (χ1) is 6.24. The van der Waals surface area contributed by atoms with Crippen molar-refractivity contribution in [3.8, 4) is 0 Å². The molecule has 3 heteroatoms. The van der Waals surface area contributed by atoms with Crippen LogP contribution in [0.25, 0.3) is 0 Å². The second kappa shape index (κ2) is 4.70. The zero-order valence-electron chi connectivity index (χ0n) is 7.81. The third-order valence-corrected chi connectivity index (χ3v) is 1.84. The van der Waals surface area contributed by atoms with Gasteiger partial charge in [-0.15, -0.1) is 0 Å². The molecule has 0 aromatic heterocycles. The van der Waals surface area contributed by atoms with Crippen LogP contribution in [0.4, 0.5) is 15.8 Å². The SMILES string of the molecule is CCCCNc1ccc(N)cc1F. The minimum absolute atomic E-state index is 0.281. The number of unbranched alkanes of at least 4 members (excludes halogenated alkanes) is 1. The average molecular weight is 182 g/mol. The fourth-order valence-electron chi connectivity index (χ4n) is 1.07. The molecule has 0 unspecified atom stereocenters. The van der Waals surface area contributed by atoms with Crippen LogP contribution >= 0.6 is 0 Å². The predicted octanol–water partition coefficient (Wildman–Crippen LogP) is 2.62. The summed E-state index contributed by atoms with van der Waals surface area (Å²) in [6.07, 6.45) is 2.15. The van der Waals surface area contributed by atoms with Crippen LogP contribution in [0.2, 0.25) is 0 Å². The lowest BCUT2D eigenvalue weighted by atomic mass is 10.2. The van der Waals surface area contributed by atoms with Gasteiger partial charge in [0.2, 0.25) is 0 Å². The van der Waals surface area contributed by atoms with E-state index in [0.29, 0.717) is 11.4 Å². The fourth-order valence-corrected chi connectivity index (χ4v) is 1.07. The van der Waals surface area contributed by atoms with Crippen molar-refractivity contribution in [2.75, 3.05) is 17.6 Å². The molecule has 0 saturated carbocycles. The van der Waals surface area contributed by atoms with Gasteiger partial charge in [0.15, 0.2) is 0 Å². The van der Waals surface area contributed by atoms with Crippen LogP contribution in [0.1, 0.15) is 19.8 Å². The van der Waals surface area contributed by atoms with Crippen LogP contribution < -0.4 is 11.1 Å². The van der Waals surface area contributed by atoms with Crippen LogP contribution in [-0.2, 0) is 0 Å². The zero-order chi connectivity index (χ0) is 9.68. The van der Waals surface area contributed by atoms with Gasteiger partial charge in [0.05, 0.1) is 5.69 Å². The van der Waals surface area contributed by atoms with Crippen LogP contribution in [0.5, 0.6) is 0 Å². The van der Waals surface area contributed by atoms with E-state index in [0.717, 1.165) is 19.4 Å². The molecule has 1 aromatic rings. The van der Waals surface area contributed by atoms with Crippen molar-refractivity contribution < 1.29 is 4.39 Å². The van der Waals surface area contributed by atoms with Gasteiger partial charge in [-0.05, 0) is 24.6 Å². The summed E-state index contributed by atoms with van der Waals surface area (Å²) in [5.74, 6) is -0.281. The Bertz CT molecular complexity index is 274. The first kappa shape index (κ1) is 9.84. The van der Waals surface area contributed by atoms with Gasteiger partial charge in [0.1, 0.15) is 5.82 Å². The van der Waals surface area contributed by atoms with E-state index in [1.165, 1.54) is 6.07 Å². The van der Waals surface area contributed by atoms with Gasteiger partial charge in [-0.2, -0.15) is 0 Å². The zero-order valence-corrected chi connectivity index (χ0v) is 7.81. The molecule has 0 saturated heterocycles. The van der Waals surface area contributed by atoms with Crippen molar-refractivity contribution in [2.45, 2.75) is 19.8 Å². The van der Waals surface area contributed by atoms with Gasteiger partial charge in [-0.3, -0.25) is 0 Å². The highest BCUT2D eigenvalue weighted by Crippen LogP contribution is 2.16. The summed E-state index contributed by atoms with van der Waals surface area (Å²) in [4.78, 5) is 0. The van der Waals surface area contributed by atoms with Gasteiger partial charge in [0, 0.05) is 12.2 Å². The van der Waals surface area contributed by atoms with E-state index in [1.54, 1.807) is 12.1 Å². The Morgan fingerprint density at radius 3 is 2.85 bits per heavy atom. The molecule has 72 valence electrons. The molecule has 1 aromatic carbocycles. The predicted molar refractivity (Wildman–Crippen MR) is 54.2 cm³/mol. The molecule has 2 nitrogen and oxygen atoms in total. The first-order valence-corrected chi connectivity index (χ1v) is 4.53. The van der Waals surface area contributed by atoms with E-state index in [2.05, 4.69) is 12.2 Å². The monoisotopic (exact) mass is 182 g/mol. The third-order valence-electron chi connectivity index (χ3n) is 1.84. The van der Waals surface area contributed by atoms with Gasteiger partial charge in [-0.1, -0.05) is 13.3 Å². The highest BCUT2D eigenvalue weighted by molar-refractivity contribution is 5.52. The van der Waals surface area contributed by atoms with E-state index in [9.17, 15) is 4.39 Å². The number of halogens is 1. The highest BCUT2D eigenvalue weighted by atomic mass is 19.1. The third kappa shape index (κ3) is 2.93. The van der Waals surface area contributed by atoms with Crippen LogP contribution in [-0.4, -0.2) is 6.54 Å². The molecular weight excluding hydrogens is 167 g/mol. The summed E-state index contributed by atoms with van der Waals surface area (Å²) in [6.45, 7) is 2.90. The number of nitrogen functional groups attached to an aromatic ring is 1.